The number of benzene rings is 1. The number of aryl methyl sites for hydroxylation is 3. The molecule has 0 radical (unpaired) electrons. The fourth-order valence-corrected chi connectivity index (χ4v) is 4.96. The molecule has 1 N–H and O–H groups in total. The number of rotatable bonds is 7. The predicted octanol–water partition coefficient (Wildman–Crippen LogP) is 6.89. The lowest BCUT2D eigenvalue weighted by atomic mass is 9.93. The van der Waals surface area contributed by atoms with Gasteiger partial charge in [-0.25, -0.2) is 19.7 Å². The van der Waals surface area contributed by atoms with Gasteiger partial charge in [0.05, 0.1) is 42.4 Å². The Morgan fingerprint density at radius 1 is 1.05 bits per heavy atom. The molecule has 4 aromatic heterocycles. The van der Waals surface area contributed by atoms with Crippen LogP contribution in [-0.4, -0.2) is 40.3 Å². The highest BCUT2D eigenvalue weighted by Gasteiger charge is 2.22. The van der Waals surface area contributed by atoms with Crippen molar-refractivity contribution in [3.63, 3.8) is 0 Å². The predicted molar refractivity (Wildman–Crippen MR) is 154 cm³/mol. The molecule has 40 heavy (non-hydrogen) atoms. The van der Waals surface area contributed by atoms with Gasteiger partial charge in [-0.1, -0.05) is 22.8 Å². The summed E-state index contributed by atoms with van der Waals surface area (Å²) in [5.41, 5.74) is 7.55. The third-order valence-corrected chi connectivity index (χ3v) is 6.93. The molecule has 0 aliphatic heterocycles. The number of nitrogens with zero attached hydrogens (tertiary/aromatic N) is 4. The Kier molecular flexibility index (Phi) is 7.40. The third kappa shape index (κ3) is 5.08. The number of hydrogen-bond acceptors (Lipinski definition) is 9. The zero-order valence-electron chi connectivity index (χ0n) is 23.0. The molecule has 0 spiro atoms. The number of fused-ring (bicyclic) bond motifs is 1. The fraction of sp³-hybridized carbons (Fsp3) is 0.233. The number of esters is 1. The van der Waals surface area contributed by atoms with Crippen LogP contribution in [0.3, 0.4) is 0 Å². The van der Waals surface area contributed by atoms with Crippen molar-refractivity contribution in [2.75, 3.05) is 19.5 Å². The lowest BCUT2D eigenvalue weighted by Gasteiger charge is -2.21. The number of ether oxygens (including phenoxy) is 2. The van der Waals surface area contributed by atoms with Crippen molar-refractivity contribution in [2.45, 2.75) is 33.7 Å². The SMILES string of the molecule is COC(=O)c1nc(Cl)ccc1NC(C)c1cc(C)cc2nc(-c3c(C)noc3C)c(-c3ccc(OC)nc3)cc12. The molecule has 0 saturated heterocycles. The molecule has 0 aliphatic carbocycles. The number of carbonyl (C=O) groups excluding carboxylic acids is 1. The fourth-order valence-electron chi connectivity index (χ4n) is 4.81. The van der Waals surface area contributed by atoms with Crippen LogP contribution in [0, 0.1) is 20.8 Å². The Morgan fingerprint density at radius 2 is 1.85 bits per heavy atom. The van der Waals surface area contributed by atoms with E-state index < -0.39 is 5.97 Å². The molecule has 0 fully saturated rings. The first-order valence-corrected chi connectivity index (χ1v) is 13.0. The van der Waals surface area contributed by atoms with E-state index in [0.717, 1.165) is 50.1 Å². The number of nitrogens with one attached hydrogen (secondary N) is 1. The standard InChI is InChI=1S/C30H28ClN5O4/c1-15-11-20(16(2)33-23-8-9-25(31)35-29(23)30(37)39-6)22-13-21(19-7-10-26(38-5)32-14-19)28(34-24(22)12-15)27-17(3)36-40-18(27)4/h7-14,16,33H,1-6H3. The van der Waals surface area contributed by atoms with Gasteiger partial charge >= 0.3 is 5.97 Å². The van der Waals surface area contributed by atoms with Gasteiger partial charge in [-0.2, -0.15) is 0 Å². The summed E-state index contributed by atoms with van der Waals surface area (Å²) in [6.07, 6.45) is 1.76. The molecule has 1 unspecified atom stereocenters. The van der Waals surface area contributed by atoms with Gasteiger partial charge in [0.15, 0.2) is 5.69 Å². The van der Waals surface area contributed by atoms with Crippen LogP contribution < -0.4 is 10.1 Å². The molecule has 1 aromatic carbocycles. The van der Waals surface area contributed by atoms with E-state index in [4.69, 9.17) is 30.6 Å². The van der Waals surface area contributed by atoms with Gasteiger partial charge in [0.25, 0.3) is 0 Å². The first-order valence-electron chi connectivity index (χ1n) is 12.6. The number of carbonyl (C=O) groups is 1. The van der Waals surface area contributed by atoms with Gasteiger partial charge in [0, 0.05) is 34.8 Å². The van der Waals surface area contributed by atoms with Crippen molar-refractivity contribution in [3.05, 3.63) is 82.1 Å². The second-order valence-corrected chi connectivity index (χ2v) is 9.87. The average Bonchev–Trinajstić information content (AvgIpc) is 3.29. The lowest BCUT2D eigenvalue weighted by molar-refractivity contribution is 0.0595. The Hall–Kier alpha value is -4.50. The number of pyridine rings is 3. The molecule has 5 aromatic rings. The molecular weight excluding hydrogens is 530 g/mol. The minimum absolute atomic E-state index is 0.114. The summed E-state index contributed by atoms with van der Waals surface area (Å²) >= 11 is 6.07. The first kappa shape index (κ1) is 27.1. The molecular formula is C30H28ClN5O4. The van der Waals surface area contributed by atoms with Crippen LogP contribution in [0.2, 0.25) is 5.15 Å². The van der Waals surface area contributed by atoms with Gasteiger partial charge < -0.3 is 19.3 Å². The van der Waals surface area contributed by atoms with E-state index in [-0.39, 0.29) is 16.9 Å². The van der Waals surface area contributed by atoms with Crippen molar-refractivity contribution in [3.8, 4) is 28.3 Å². The zero-order valence-corrected chi connectivity index (χ0v) is 23.8. The van der Waals surface area contributed by atoms with Crippen LogP contribution in [0.25, 0.3) is 33.3 Å². The second kappa shape index (κ2) is 10.9. The molecule has 9 nitrogen and oxygen atoms in total. The summed E-state index contributed by atoms with van der Waals surface area (Å²) in [4.78, 5) is 26.2. The number of aromatic nitrogens is 4. The molecule has 0 amide bonds. The summed E-state index contributed by atoms with van der Waals surface area (Å²) in [5.74, 6) is 0.621. The van der Waals surface area contributed by atoms with Gasteiger partial charge in [-0.15, -0.1) is 0 Å². The number of methoxy groups -OCH3 is 2. The van der Waals surface area contributed by atoms with E-state index in [0.29, 0.717) is 17.3 Å². The van der Waals surface area contributed by atoms with Crippen LogP contribution in [0.1, 0.15) is 46.0 Å². The highest BCUT2D eigenvalue weighted by Crippen LogP contribution is 2.39. The highest BCUT2D eigenvalue weighted by molar-refractivity contribution is 6.29. The summed E-state index contributed by atoms with van der Waals surface area (Å²) in [7, 11) is 2.89. The van der Waals surface area contributed by atoms with Crippen LogP contribution in [0.5, 0.6) is 5.88 Å². The van der Waals surface area contributed by atoms with Crippen molar-refractivity contribution in [1.82, 2.24) is 20.1 Å². The van der Waals surface area contributed by atoms with E-state index in [9.17, 15) is 4.79 Å². The van der Waals surface area contributed by atoms with Crippen LogP contribution >= 0.6 is 11.6 Å². The van der Waals surface area contributed by atoms with Gasteiger partial charge in [0.2, 0.25) is 5.88 Å². The lowest BCUT2D eigenvalue weighted by Crippen LogP contribution is -2.14. The Bertz CT molecular complexity index is 1710. The van der Waals surface area contributed by atoms with E-state index >= 15 is 0 Å². The summed E-state index contributed by atoms with van der Waals surface area (Å²) in [5, 5.41) is 8.73. The highest BCUT2D eigenvalue weighted by atomic mass is 35.5. The maximum absolute atomic E-state index is 12.4. The molecule has 5 rings (SSSR count). The van der Waals surface area contributed by atoms with E-state index in [1.54, 1.807) is 25.4 Å². The van der Waals surface area contributed by atoms with Crippen molar-refractivity contribution in [2.24, 2.45) is 0 Å². The topological polar surface area (TPSA) is 112 Å². The number of hydrogen-bond donors (Lipinski definition) is 1. The van der Waals surface area contributed by atoms with E-state index in [2.05, 4.69) is 32.6 Å². The first-order chi connectivity index (χ1) is 19.2. The number of halogens is 1. The van der Waals surface area contributed by atoms with Crippen LogP contribution in [0.4, 0.5) is 5.69 Å². The maximum Gasteiger partial charge on any atom is 0.358 e. The molecule has 0 aliphatic rings. The molecule has 1 atom stereocenters. The molecule has 4 heterocycles. The average molecular weight is 558 g/mol. The minimum atomic E-state index is -0.577. The monoisotopic (exact) mass is 557 g/mol. The Labute approximate surface area is 236 Å². The third-order valence-electron chi connectivity index (χ3n) is 6.72. The summed E-state index contributed by atoms with van der Waals surface area (Å²) in [6, 6.07) is 13.2. The van der Waals surface area contributed by atoms with Gasteiger partial charge in [-0.05, 0) is 69.2 Å². The van der Waals surface area contributed by atoms with Crippen molar-refractivity contribution >= 4 is 34.2 Å². The second-order valence-electron chi connectivity index (χ2n) is 9.48. The van der Waals surface area contributed by atoms with Gasteiger partial charge in [0.1, 0.15) is 10.9 Å². The molecule has 0 bridgehead atoms. The maximum atomic E-state index is 12.4. The molecule has 0 saturated carbocycles. The minimum Gasteiger partial charge on any atom is -0.481 e. The van der Waals surface area contributed by atoms with Gasteiger partial charge in [-0.3, -0.25) is 0 Å². The summed E-state index contributed by atoms with van der Waals surface area (Å²) < 4.78 is 15.7. The quantitative estimate of drug-likeness (QED) is 0.169. The summed E-state index contributed by atoms with van der Waals surface area (Å²) in [6.45, 7) is 7.82. The zero-order chi connectivity index (χ0) is 28.6. The Morgan fingerprint density at radius 3 is 2.50 bits per heavy atom. The Balaban J connectivity index is 1.70. The largest absolute Gasteiger partial charge is 0.481 e. The smallest absolute Gasteiger partial charge is 0.358 e. The molecule has 204 valence electrons. The molecule has 10 heteroatoms. The van der Waals surface area contributed by atoms with Crippen LogP contribution in [0.15, 0.2) is 53.2 Å². The normalized spacial score (nSPS) is 11.9. The van der Waals surface area contributed by atoms with Crippen molar-refractivity contribution in [1.29, 1.82) is 0 Å². The van der Waals surface area contributed by atoms with Crippen molar-refractivity contribution < 1.29 is 18.8 Å². The van der Waals surface area contributed by atoms with Crippen LogP contribution in [-0.2, 0) is 4.74 Å². The van der Waals surface area contributed by atoms with E-state index in [1.165, 1.54) is 7.11 Å². The van der Waals surface area contributed by atoms with E-state index in [1.807, 2.05) is 45.9 Å². The number of anilines is 1.